The van der Waals surface area contributed by atoms with E-state index in [1.54, 1.807) is 23.3 Å². The highest BCUT2D eigenvalue weighted by Gasteiger charge is 2.14. The number of thiophene rings is 1. The molecule has 2 aromatic heterocycles. The Morgan fingerprint density at radius 2 is 1.96 bits per heavy atom. The average molecular weight is 369 g/mol. The summed E-state index contributed by atoms with van der Waals surface area (Å²) in [5, 5.41) is 14.5. The summed E-state index contributed by atoms with van der Waals surface area (Å²) in [5.74, 6) is 0.967. The van der Waals surface area contributed by atoms with Crippen LogP contribution in [0.15, 0.2) is 35.7 Å². The molecule has 0 aliphatic rings. The monoisotopic (exact) mass is 369 g/mol. The maximum Gasteiger partial charge on any atom is 0.246 e. The van der Waals surface area contributed by atoms with Crippen LogP contribution in [0.1, 0.15) is 35.8 Å². The van der Waals surface area contributed by atoms with Gasteiger partial charge in [-0.05, 0) is 40.6 Å². The molecule has 2 heterocycles. The lowest BCUT2D eigenvalue weighted by Gasteiger charge is -2.16. The van der Waals surface area contributed by atoms with Gasteiger partial charge in [0.05, 0.1) is 6.54 Å². The van der Waals surface area contributed by atoms with E-state index < -0.39 is 0 Å². The Bertz CT molecular complexity index is 881. The zero-order valence-corrected chi connectivity index (χ0v) is 16.3. The molecular formula is C19H23N5OS. The van der Waals surface area contributed by atoms with E-state index in [4.69, 9.17) is 0 Å². The summed E-state index contributed by atoms with van der Waals surface area (Å²) in [6.45, 7) is 7.05. The van der Waals surface area contributed by atoms with Crippen molar-refractivity contribution < 1.29 is 4.79 Å². The van der Waals surface area contributed by atoms with Gasteiger partial charge in [-0.25, -0.2) is 0 Å². The van der Waals surface area contributed by atoms with Crippen LogP contribution in [0.5, 0.6) is 0 Å². The van der Waals surface area contributed by atoms with E-state index in [9.17, 15) is 4.79 Å². The highest BCUT2D eigenvalue weighted by Crippen LogP contribution is 2.20. The van der Waals surface area contributed by atoms with E-state index >= 15 is 0 Å². The zero-order valence-electron chi connectivity index (χ0n) is 15.5. The van der Waals surface area contributed by atoms with Crippen molar-refractivity contribution in [2.75, 3.05) is 7.05 Å². The second-order valence-electron chi connectivity index (χ2n) is 6.70. The van der Waals surface area contributed by atoms with Crippen LogP contribution in [0.25, 0.3) is 11.4 Å². The van der Waals surface area contributed by atoms with Gasteiger partial charge in [-0.2, -0.15) is 4.80 Å². The maximum atomic E-state index is 12.4. The normalized spacial score (nSPS) is 11.1. The first-order chi connectivity index (χ1) is 12.4. The Balaban J connectivity index is 1.64. The van der Waals surface area contributed by atoms with Crippen molar-refractivity contribution in [2.24, 2.45) is 0 Å². The number of likely N-dealkylation sites (N-methyl/N-ethyl adjacent to an activating group) is 1. The first-order valence-corrected chi connectivity index (χ1v) is 9.47. The Morgan fingerprint density at radius 1 is 1.23 bits per heavy atom. The van der Waals surface area contributed by atoms with Crippen LogP contribution in [-0.4, -0.2) is 38.1 Å². The topological polar surface area (TPSA) is 63.9 Å². The minimum atomic E-state index is -0.0445. The zero-order chi connectivity index (χ0) is 18.7. The Hall–Kier alpha value is -2.54. The number of carbonyl (C=O) groups is 1. The van der Waals surface area contributed by atoms with Gasteiger partial charge in [-0.3, -0.25) is 4.79 Å². The number of benzene rings is 1. The van der Waals surface area contributed by atoms with Gasteiger partial charge >= 0.3 is 0 Å². The summed E-state index contributed by atoms with van der Waals surface area (Å²) in [5.41, 5.74) is 3.37. The molecule has 0 unspecified atom stereocenters. The summed E-state index contributed by atoms with van der Waals surface area (Å²) in [6, 6.07) is 10.2. The fourth-order valence-corrected chi connectivity index (χ4v) is 3.51. The molecule has 26 heavy (non-hydrogen) atoms. The van der Waals surface area contributed by atoms with Gasteiger partial charge in [0, 0.05) is 17.5 Å². The summed E-state index contributed by atoms with van der Waals surface area (Å²) in [4.78, 5) is 16.7. The minimum Gasteiger partial charge on any atom is -0.339 e. The van der Waals surface area contributed by atoms with E-state index in [1.165, 1.54) is 20.8 Å². The largest absolute Gasteiger partial charge is 0.339 e. The molecule has 0 aliphatic heterocycles. The minimum absolute atomic E-state index is 0.0445. The molecule has 0 saturated carbocycles. The third kappa shape index (κ3) is 4.16. The highest BCUT2D eigenvalue weighted by molar-refractivity contribution is 7.10. The lowest BCUT2D eigenvalue weighted by Crippen LogP contribution is -2.30. The van der Waals surface area contributed by atoms with Crippen LogP contribution in [0.2, 0.25) is 0 Å². The van der Waals surface area contributed by atoms with Gasteiger partial charge in [0.15, 0.2) is 0 Å². The number of nitrogens with zero attached hydrogens (tertiary/aromatic N) is 5. The van der Waals surface area contributed by atoms with Gasteiger partial charge in [0.25, 0.3) is 0 Å². The number of rotatable bonds is 6. The van der Waals surface area contributed by atoms with Crippen LogP contribution in [0, 0.1) is 6.92 Å². The first-order valence-electron chi connectivity index (χ1n) is 8.59. The molecule has 0 N–H and O–H groups in total. The molecule has 0 bridgehead atoms. The number of tetrazole rings is 1. The fourth-order valence-electron chi connectivity index (χ4n) is 2.55. The lowest BCUT2D eigenvalue weighted by atomic mass is 10.0. The predicted octanol–water partition coefficient (Wildman–Crippen LogP) is 3.49. The third-order valence-electron chi connectivity index (χ3n) is 4.34. The molecule has 1 aromatic carbocycles. The molecule has 0 fully saturated rings. The number of aryl methyl sites for hydroxylation is 1. The predicted molar refractivity (Wildman–Crippen MR) is 103 cm³/mol. The van der Waals surface area contributed by atoms with E-state index in [0.29, 0.717) is 18.3 Å². The quantitative estimate of drug-likeness (QED) is 0.667. The molecule has 3 rings (SSSR count). The fraction of sp³-hybridized carbons (Fsp3) is 0.368. The lowest BCUT2D eigenvalue weighted by molar-refractivity contribution is -0.131. The third-order valence-corrected chi connectivity index (χ3v) is 5.35. The van der Waals surface area contributed by atoms with Crippen molar-refractivity contribution in [1.29, 1.82) is 0 Å². The molecule has 136 valence electrons. The highest BCUT2D eigenvalue weighted by atomic mass is 32.1. The second kappa shape index (κ2) is 7.78. The second-order valence-corrected chi connectivity index (χ2v) is 7.70. The Labute approximate surface area is 157 Å². The van der Waals surface area contributed by atoms with Crippen molar-refractivity contribution in [1.82, 2.24) is 25.1 Å². The number of amides is 1. The first kappa shape index (κ1) is 18.3. The molecule has 0 radical (unpaired) electrons. The maximum absolute atomic E-state index is 12.4. The van der Waals surface area contributed by atoms with Crippen LogP contribution in [0.3, 0.4) is 0 Å². The van der Waals surface area contributed by atoms with Crippen LogP contribution >= 0.6 is 11.3 Å². The van der Waals surface area contributed by atoms with E-state index in [0.717, 1.165) is 5.56 Å². The summed E-state index contributed by atoms with van der Waals surface area (Å²) in [6.07, 6.45) is 0. The molecular weight excluding hydrogens is 346 g/mol. The number of aromatic nitrogens is 4. The molecule has 0 spiro atoms. The van der Waals surface area contributed by atoms with E-state index in [2.05, 4.69) is 54.4 Å². The van der Waals surface area contributed by atoms with Crippen LogP contribution in [-0.2, 0) is 17.9 Å². The van der Waals surface area contributed by atoms with Crippen LogP contribution in [0.4, 0.5) is 0 Å². The van der Waals surface area contributed by atoms with Gasteiger partial charge in [-0.1, -0.05) is 38.1 Å². The average Bonchev–Trinajstić information content (AvgIpc) is 3.24. The van der Waals surface area contributed by atoms with Gasteiger partial charge in [0.1, 0.15) is 6.54 Å². The Kier molecular flexibility index (Phi) is 5.46. The standard InChI is InChI=1S/C19H23N5OS/c1-13(2)15-5-7-16(8-6-15)19-20-22-24(21-19)12-18(25)23(4)11-17-14(3)9-10-26-17/h5-10,13H,11-12H2,1-4H3. The summed E-state index contributed by atoms with van der Waals surface area (Å²) < 4.78 is 0. The van der Waals surface area contributed by atoms with Gasteiger partial charge in [-0.15, -0.1) is 21.5 Å². The van der Waals surface area contributed by atoms with Crippen molar-refractivity contribution in [3.8, 4) is 11.4 Å². The number of hydrogen-bond acceptors (Lipinski definition) is 5. The SMILES string of the molecule is Cc1ccsc1CN(C)C(=O)Cn1nnc(-c2ccc(C(C)C)cc2)n1. The van der Waals surface area contributed by atoms with E-state index in [1.807, 2.05) is 17.5 Å². The van der Waals surface area contributed by atoms with Crippen molar-refractivity contribution >= 4 is 17.2 Å². The van der Waals surface area contributed by atoms with Crippen molar-refractivity contribution in [3.63, 3.8) is 0 Å². The molecule has 7 heteroatoms. The summed E-state index contributed by atoms with van der Waals surface area (Å²) >= 11 is 1.66. The molecule has 3 aromatic rings. The van der Waals surface area contributed by atoms with E-state index in [-0.39, 0.29) is 12.5 Å². The number of carbonyl (C=O) groups excluding carboxylic acids is 1. The Morgan fingerprint density at radius 3 is 2.58 bits per heavy atom. The van der Waals surface area contributed by atoms with Gasteiger partial charge < -0.3 is 4.90 Å². The molecule has 6 nitrogen and oxygen atoms in total. The summed E-state index contributed by atoms with van der Waals surface area (Å²) in [7, 11) is 1.80. The molecule has 1 amide bonds. The smallest absolute Gasteiger partial charge is 0.246 e. The van der Waals surface area contributed by atoms with Crippen molar-refractivity contribution in [3.05, 3.63) is 51.7 Å². The molecule has 0 atom stereocenters. The van der Waals surface area contributed by atoms with Gasteiger partial charge in [0.2, 0.25) is 11.7 Å². The molecule has 0 saturated heterocycles. The molecule has 0 aliphatic carbocycles. The van der Waals surface area contributed by atoms with Crippen molar-refractivity contribution in [2.45, 2.75) is 39.8 Å². The van der Waals surface area contributed by atoms with Crippen LogP contribution < -0.4 is 0 Å². The number of hydrogen-bond donors (Lipinski definition) is 0.